The van der Waals surface area contributed by atoms with Crippen LogP contribution >= 0.6 is 11.6 Å². The van der Waals surface area contributed by atoms with Crippen molar-refractivity contribution in [1.29, 1.82) is 5.41 Å². The highest BCUT2D eigenvalue weighted by Crippen LogP contribution is 2.37. The summed E-state index contributed by atoms with van der Waals surface area (Å²) in [5, 5.41) is 8.07. The highest BCUT2D eigenvalue weighted by atomic mass is 35.5. The van der Waals surface area contributed by atoms with Crippen molar-refractivity contribution >= 4 is 23.6 Å². The Morgan fingerprint density at radius 3 is 2.15 bits per heavy atom. The molecule has 0 heterocycles. The van der Waals surface area contributed by atoms with Crippen molar-refractivity contribution in [2.24, 2.45) is 16.2 Å². The smallest absolute Gasteiger partial charge is 0.169 e. The van der Waals surface area contributed by atoms with Gasteiger partial charge in [-0.2, -0.15) is 0 Å². The summed E-state index contributed by atoms with van der Waals surface area (Å²) < 4.78 is 5.86. The van der Waals surface area contributed by atoms with Crippen LogP contribution in [0.4, 0.5) is 0 Å². The quantitative estimate of drug-likeness (QED) is 0.356. The Balaban J connectivity index is 3.02. The van der Waals surface area contributed by atoms with E-state index in [-0.39, 0.29) is 16.6 Å². The lowest BCUT2D eigenvalue weighted by atomic mass is 9.72. The molecule has 0 fully saturated rings. The number of carbonyl (C=O) groups is 1. The minimum absolute atomic E-state index is 0.0487. The molecule has 0 amide bonds. The summed E-state index contributed by atoms with van der Waals surface area (Å²) >= 11 is 6.27. The number of benzene rings is 1. The van der Waals surface area contributed by atoms with Crippen molar-refractivity contribution in [3.8, 4) is 5.75 Å². The molecule has 1 rings (SSSR count). The molecule has 0 aliphatic rings. The van der Waals surface area contributed by atoms with Crippen LogP contribution in [0.5, 0.6) is 5.75 Å². The SMILES string of the molecule is CC(C)(C)CCOc1cc(C(=O)C(C)(CC=N)CCC(C)(C)C)ccc1Cl. The van der Waals surface area contributed by atoms with Gasteiger partial charge in [0.15, 0.2) is 5.78 Å². The summed E-state index contributed by atoms with van der Waals surface area (Å²) in [7, 11) is 0. The molecule has 4 heteroatoms. The molecule has 0 bridgehead atoms. The predicted octanol–water partition coefficient (Wildman–Crippen LogP) is 7.21. The number of Topliss-reactive ketones (excluding diaryl/α,β-unsaturated/α-hetero) is 1. The second-order valence-electron chi connectivity index (χ2n) is 10.2. The van der Waals surface area contributed by atoms with Gasteiger partial charge in [-0.05, 0) is 60.9 Å². The molecular weight excluding hydrogens is 358 g/mol. The number of ketones is 1. The maximum atomic E-state index is 13.3. The molecule has 0 saturated heterocycles. The van der Waals surface area contributed by atoms with Gasteiger partial charge < -0.3 is 10.1 Å². The molecule has 0 spiro atoms. The summed E-state index contributed by atoms with van der Waals surface area (Å²) in [6, 6.07) is 5.25. The lowest BCUT2D eigenvalue weighted by Crippen LogP contribution is -2.30. The van der Waals surface area contributed by atoms with Gasteiger partial charge in [0, 0.05) is 11.0 Å². The number of ether oxygens (including phenoxy) is 1. The van der Waals surface area contributed by atoms with Gasteiger partial charge in [0.25, 0.3) is 0 Å². The second kappa shape index (κ2) is 9.23. The summed E-state index contributed by atoms with van der Waals surface area (Å²) in [6.45, 7) is 15.5. The van der Waals surface area contributed by atoms with E-state index >= 15 is 0 Å². The third-order valence-corrected chi connectivity index (χ3v) is 5.14. The number of hydrogen-bond donors (Lipinski definition) is 1. The fraction of sp³-hybridized carbons (Fsp3) is 0.652. The molecule has 1 unspecified atom stereocenters. The van der Waals surface area contributed by atoms with Crippen LogP contribution in [0.15, 0.2) is 18.2 Å². The Kier molecular flexibility index (Phi) is 8.10. The number of carbonyl (C=O) groups excluding carboxylic acids is 1. The van der Waals surface area contributed by atoms with Crippen molar-refractivity contribution < 1.29 is 9.53 Å². The molecule has 0 aliphatic carbocycles. The molecule has 0 aromatic heterocycles. The summed E-state index contributed by atoms with van der Waals surface area (Å²) in [5.41, 5.74) is 0.328. The van der Waals surface area contributed by atoms with Crippen LogP contribution in [0.2, 0.25) is 5.02 Å². The van der Waals surface area contributed by atoms with Crippen LogP contribution in [0.25, 0.3) is 0 Å². The van der Waals surface area contributed by atoms with Gasteiger partial charge >= 0.3 is 0 Å². The molecular formula is C23H36ClNO2. The fourth-order valence-corrected chi connectivity index (χ4v) is 2.93. The van der Waals surface area contributed by atoms with Crippen LogP contribution in [0.3, 0.4) is 0 Å². The number of rotatable bonds is 9. The second-order valence-corrected chi connectivity index (χ2v) is 10.6. The van der Waals surface area contributed by atoms with E-state index in [9.17, 15) is 4.79 Å². The van der Waals surface area contributed by atoms with Gasteiger partial charge in [-0.1, -0.05) is 60.1 Å². The van der Waals surface area contributed by atoms with E-state index in [2.05, 4.69) is 41.5 Å². The first kappa shape index (κ1) is 23.7. The molecule has 3 nitrogen and oxygen atoms in total. The fourth-order valence-electron chi connectivity index (χ4n) is 2.76. The Morgan fingerprint density at radius 1 is 1.04 bits per heavy atom. The monoisotopic (exact) mass is 393 g/mol. The zero-order valence-electron chi connectivity index (χ0n) is 18.0. The van der Waals surface area contributed by atoms with Crippen LogP contribution in [0, 0.1) is 21.7 Å². The average Bonchev–Trinajstić information content (AvgIpc) is 2.52. The Bertz CT molecular complexity index is 655. The van der Waals surface area contributed by atoms with Gasteiger partial charge in [-0.25, -0.2) is 0 Å². The standard InChI is InChI=1S/C23H36ClNO2/c1-21(2,3)10-11-23(7,12-14-25)20(26)17-8-9-18(24)19(16-17)27-15-13-22(4,5)6/h8-9,14,16,25H,10-13,15H2,1-7H3. The third-order valence-electron chi connectivity index (χ3n) is 4.83. The van der Waals surface area contributed by atoms with Gasteiger partial charge in [0.1, 0.15) is 5.75 Å². The van der Waals surface area contributed by atoms with E-state index in [1.807, 2.05) is 6.92 Å². The number of nitrogens with one attached hydrogen (secondary N) is 1. The third kappa shape index (κ3) is 8.04. The molecule has 1 aromatic carbocycles. The number of hydrogen-bond acceptors (Lipinski definition) is 3. The molecule has 0 radical (unpaired) electrons. The van der Waals surface area contributed by atoms with E-state index in [1.165, 1.54) is 6.21 Å². The molecule has 27 heavy (non-hydrogen) atoms. The molecule has 0 saturated carbocycles. The van der Waals surface area contributed by atoms with E-state index in [1.54, 1.807) is 18.2 Å². The van der Waals surface area contributed by atoms with Crippen molar-refractivity contribution in [3.63, 3.8) is 0 Å². The van der Waals surface area contributed by atoms with Gasteiger partial charge in [0.05, 0.1) is 11.6 Å². The summed E-state index contributed by atoms with van der Waals surface area (Å²) in [6.07, 6.45) is 4.35. The first-order chi connectivity index (χ1) is 12.3. The molecule has 152 valence electrons. The Morgan fingerprint density at radius 2 is 1.63 bits per heavy atom. The number of halogens is 1. The highest BCUT2D eigenvalue weighted by Gasteiger charge is 2.34. The lowest BCUT2D eigenvalue weighted by Gasteiger charge is -2.30. The maximum Gasteiger partial charge on any atom is 0.169 e. The average molecular weight is 394 g/mol. The zero-order valence-corrected chi connectivity index (χ0v) is 18.8. The first-order valence-corrected chi connectivity index (χ1v) is 10.1. The topological polar surface area (TPSA) is 50.2 Å². The summed E-state index contributed by atoms with van der Waals surface area (Å²) in [5.74, 6) is 0.604. The molecule has 1 atom stereocenters. The molecule has 1 aromatic rings. The predicted molar refractivity (Wildman–Crippen MR) is 116 cm³/mol. The van der Waals surface area contributed by atoms with Crippen LogP contribution in [-0.2, 0) is 0 Å². The van der Waals surface area contributed by atoms with E-state index in [4.69, 9.17) is 21.7 Å². The molecule has 1 N–H and O–H groups in total. The largest absolute Gasteiger partial charge is 0.492 e. The van der Waals surface area contributed by atoms with Crippen molar-refractivity contribution in [1.82, 2.24) is 0 Å². The Hall–Kier alpha value is -1.35. The van der Waals surface area contributed by atoms with E-state index in [0.717, 1.165) is 19.3 Å². The van der Waals surface area contributed by atoms with Crippen LogP contribution < -0.4 is 4.74 Å². The van der Waals surface area contributed by atoms with Gasteiger partial charge in [0.2, 0.25) is 0 Å². The first-order valence-electron chi connectivity index (χ1n) is 9.74. The van der Waals surface area contributed by atoms with Crippen molar-refractivity contribution in [2.45, 2.75) is 74.1 Å². The summed E-state index contributed by atoms with van der Waals surface area (Å²) in [4.78, 5) is 13.3. The normalized spacial score (nSPS) is 14.5. The van der Waals surface area contributed by atoms with E-state index < -0.39 is 5.41 Å². The van der Waals surface area contributed by atoms with Crippen LogP contribution in [-0.4, -0.2) is 18.6 Å². The Labute approximate surface area is 170 Å². The minimum Gasteiger partial charge on any atom is -0.492 e. The zero-order chi connectivity index (χ0) is 20.9. The molecule has 0 aliphatic heterocycles. The van der Waals surface area contributed by atoms with Gasteiger partial charge in [-0.3, -0.25) is 4.79 Å². The van der Waals surface area contributed by atoms with Crippen molar-refractivity contribution in [2.75, 3.05) is 6.61 Å². The lowest BCUT2D eigenvalue weighted by molar-refractivity contribution is 0.0793. The van der Waals surface area contributed by atoms with Gasteiger partial charge in [-0.15, -0.1) is 0 Å². The minimum atomic E-state index is -0.592. The highest BCUT2D eigenvalue weighted by molar-refractivity contribution is 6.32. The van der Waals surface area contributed by atoms with Crippen molar-refractivity contribution in [3.05, 3.63) is 28.8 Å². The van der Waals surface area contributed by atoms with Crippen LogP contribution in [0.1, 0.15) is 84.5 Å². The van der Waals surface area contributed by atoms with E-state index in [0.29, 0.717) is 29.4 Å². The maximum absolute atomic E-state index is 13.3.